The molecule has 1 saturated carbocycles. The summed E-state index contributed by atoms with van der Waals surface area (Å²) in [5.74, 6) is 1.15. The van der Waals surface area contributed by atoms with Gasteiger partial charge < -0.3 is 19.5 Å². The summed E-state index contributed by atoms with van der Waals surface area (Å²) in [6.07, 6.45) is -3.48. The number of alkyl halides is 3. The molecule has 0 bridgehead atoms. The van der Waals surface area contributed by atoms with Crippen molar-refractivity contribution in [2.24, 2.45) is 5.92 Å². The summed E-state index contributed by atoms with van der Waals surface area (Å²) in [7, 11) is 0. The molecule has 7 heteroatoms. The molecule has 3 aromatic carbocycles. The van der Waals surface area contributed by atoms with Gasteiger partial charge in [0, 0.05) is 18.7 Å². The summed E-state index contributed by atoms with van der Waals surface area (Å²) >= 11 is 0. The van der Waals surface area contributed by atoms with E-state index in [1.165, 1.54) is 12.1 Å². The minimum atomic E-state index is -4.79. The zero-order valence-corrected chi connectivity index (χ0v) is 17.3. The van der Waals surface area contributed by atoms with Gasteiger partial charge in [0.2, 0.25) is 0 Å². The molecule has 1 aliphatic carbocycles. The molecule has 0 spiro atoms. The quantitative estimate of drug-likeness (QED) is 0.430. The Kier molecular flexibility index (Phi) is 6.55. The molecular weight excluding hydrogens is 419 g/mol. The fraction of sp³-hybridized carbons (Fsp3) is 0.280. The second kappa shape index (κ2) is 9.53. The van der Waals surface area contributed by atoms with Crippen molar-refractivity contribution in [3.05, 3.63) is 84.4 Å². The lowest BCUT2D eigenvalue weighted by Crippen LogP contribution is -2.33. The maximum Gasteiger partial charge on any atom is 0.573 e. The van der Waals surface area contributed by atoms with Gasteiger partial charge in [0.15, 0.2) is 5.75 Å². The maximum absolute atomic E-state index is 12.9. The van der Waals surface area contributed by atoms with Crippen LogP contribution in [0.2, 0.25) is 0 Å². The van der Waals surface area contributed by atoms with Gasteiger partial charge in [-0.15, -0.1) is 13.2 Å². The van der Waals surface area contributed by atoms with Crippen LogP contribution in [0, 0.1) is 5.92 Å². The molecule has 1 atom stereocenters. The summed E-state index contributed by atoms with van der Waals surface area (Å²) in [6.45, 7) is 0.380. The monoisotopic (exact) mass is 443 g/mol. The molecule has 3 aromatic rings. The van der Waals surface area contributed by atoms with Crippen molar-refractivity contribution in [2.45, 2.75) is 31.9 Å². The first kappa shape index (κ1) is 22.0. The molecule has 0 saturated heterocycles. The van der Waals surface area contributed by atoms with Crippen molar-refractivity contribution in [1.82, 2.24) is 0 Å². The van der Waals surface area contributed by atoms with Crippen LogP contribution in [0.5, 0.6) is 17.2 Å². The molecule has 1 aliphatic rings. The number of hydrogen-bond acceptors (Lipinski definition) is 4. The largest absolute Gasteiger partial charge is 0.573 e. The molecule has 4 nitrogen and oxygen atoms in total. The highest BCUT2D eigenvalue weighted by Gasteiger charge is 2.34. The predicted molar refractivity (Wildman–Crippen MR) is 116 cm³/mol. The van der Waals surface area contributed by atoms with Crippen LogP contribution in [0.25, 0.3) is 0 Å². The number of nitrogens with zero attached hydrogens (tertiary/aromatic N) is 1. The van der Waals surface area contributed by atoms with E-state index in [4.69, 9.17) is 4.74 Å². The van der Waals surface area contributed by atoms with Crippen molar-refractivity contribution >= 4 is 5.69 Å². The smallest absolute Gasteiger partial charge is 0.455 e. The van der Waals surface area contributed by atoms with E-state index >= 15 is 0 Å². The van der Waals surface area contributed by atoms with E-state index in [1.54, 1.807) is 18.2 Å². The molecule has 0 aliphatic heterocycles. The van der Waals surface area contributed by atoms with Gasteiger partial charge >= 0.3 is 6.36 Å². The van der Waals surface area contributed by atoms with Crippen LogP contribution < -0.4 is 14.4 Å². The van der Waals surface area contributed by atoms with Crippen LogP contribution in [0.4, 0.5) is 18.9 Å². The van der Waals surface area contributed by atoms with Gasteiger partial charge in [0.05, 0.1) is 11.8 Å². The summed E-state index contributed by atoms with van der Waals surface area (Å²) in [4.78, 5) is 1.85. The Morgan fingerprint density at radius 2 is 1.50 bits per heavy atom. The van der Waals surface area contributed by atoms with E-state index in [9.17, 15) is 18.3 Å². The number of aliphatic hydroxyl groups excluding tert-OH is 1. The Morgan fingerprint density at radius 3 is 2.19 bits per heavy atom. The zero-order valence-electron chi connectivity index (χ0n) is 17.3. The molecule has 1 N–H and O–H groups in total. The molecule has 4 rings (SSSR count). The molecule has 32 heavy (non-hydrogen) atoms. The van der Waals surface area contributed by atoms with Crippen molar-refractivity contribution < 1.29 is 27.8 Å². The van der Waals surface area contributed by atoms with Crippen LogP contribution in [0.3, 0.4) is 0 Å². The lowest BCUT2D eigenvalue weighted by atomic mass is 10.1. The van der Waals surface area contributed by atoms with Gasteiger partial charge in [-0.05, 0) is 49.1 Å². The van der Waals surface area contributed by atoms with Crippen molar-refractivity contribution in [3.8, 4) is 17.2 Å². The summed E-state index contributed by atoms with van der Waals surface area (Å²) in [6, 6.07) is 22.6. The van der Waals surface area contributed by atoms with Crippen LogP contribution in [-0.2, 0) is 6.54 Å². The van der Waals surface area contributed by atoms with Crippen molar-refractivity contribution in [2.75, 3.05) is 11.4 Å². The van der Waals surface area contributed by atoms with E-state index in [1.807, 2.05) is 53.4 Å². The number of halogens is 3. The highest BCUT2D eigenvalue weighted by Crippen LogP contribution is 2.38. The van der Waals surface area contributed by atoms with Gasteiger partial charge in [0.25, 0.3) is 0 Å². The first-order valence-electron chi connectivity index (χ1n) is 10.5. The third kappa shape index (κ3) is 5.95. The summed E-state index contributed by atoms with van der Waals surface area (Å²) in [5.41, 5.74) is 1.04. The maximum atomic E-state index is 12.9. The molecule has 1 fully saturated rings. The van der Waals surface area contributed by atoms with E-state index in [0.29, 0.717) is 22.7 Å². The normalized spacial score (nSPS) is 14.6. The van der Waals surface area contributed by atoms with Gasteiger partial charge in [-0.25, -0.2) is 0 Å². The highest BCUT2D eigenvalue weighted by molar-refractivity contribution is 5.60. The lowest BCUT2D eigenvalue weighted by molar-refractivity contribution is -0.274. The Hall–Kier alpha value is -3.19. The Bertz CT molecular complexity index is 1020. The number of ether oxygens (including phenoxy) is 2. The Morgan fingerprint density at radius 1 is 0.875 bits per heavy atom. The van der Waals surface area contributed by atoms with E-state index < -0.39 is 12.5 Å². The highest BCUT2D eigenvalue weighted by atomic mass is 19.4. The number of aliphatic hydroxyl groups is 1. The number of anilines is 1. The number of para-hydroxylation sites is 4. The standard InChI is InChI=1S/C25H24F3NO3/c26-25(27,28)32-23-12-6-4-8-19(23)16-29(17-22(30)18-14-15-18)21-11-5-7-13-24(21)31-20-9-2-1-3-10-20/h1-13,18,22,30H,14-17H2. The third-order valence-corrected chi connectivity index (χ3v) is 5.31. The first-order valence-corrected chi connectivity index (χ1v) is 10.5. The molecule has 0 amide bonds. The first-order chi connectivity index (χ1) is 15.4. The summed E-state index contributed by atoms with van der Waals surface area (Å²) < 4.78 is 49.1. The molecule has 1 unspecified atom stereocenters. The predicted octanol–water partition coefficient (Wildman–Crippen LogP) is 6.16. The SMILES string of the molecule is OC(CN(Cc1ccccc1OC(F)(F)F)c1ccccc1Oc1ccccc1)C1CC1. The Labute approximate surface area is 184 Å². The Balaban J connectivity index is 1.65. The van der Waals surface area contributed by atoms with Crippen LogP contribution >= 0.6 is 0 Å². The lowest BCUT2D eigenvalue weighted by Gasteiger charge is -2.30. The molecule has 0 aromatic heterocycles. The average Bonchev–Trinajstić information content (AvgIpc) is 3.60. The van der Waals surface area contributed by atoms with Crippen molar-refractivity contribution in [1.29, 1.82) is 0 Å². The van der Waals surface area contributed by atoms with Gasteiger partial charge in [-0.1, -0.05) is 48.5 Å². The minimum Gasteiger partial charge on any atom is -0.455 e. The van der Waals surface area contributed by atoms with E-state index in [-0.39, 0.29) is 24.8 Å². The average molecular weight is 443 g/mol. The minimum absolute atomic E-state index is 0.116. The van der Waals surface area contributed by atoms with Crippen LogP contribution in [0.1, 0.15) is 18.4 Å². The second-order valence-electron chi connectivity index (χ2n) is 7.82. The summed E-state index contributed by atoms with van der Waals surface area (Å²) in [5, 5.41) is 10.6. The molecule has 168 valence electrons. The fourth-order valence-corrected chi connectivity index (χ4v) is 3.59. The molecule has 0 radical (unpaired) electrons. The van der Waals surface area contributed by atoms with E-state index in [2.05, 4.69) is 4.74 Å². The van der Waals surface area contributed by atoms with Gasteiger partial charge in [0.1, 0.15) is 11.5 Å². The van der Waals surface area contributed by atoms with Crippen LogP contribution in [-0.4, -0.2) is 24.1 Å². The van der Waals surface area contributed by atoms with E-state index in [0.717, 1.165) is 12.8 Å². The van der Waals surface area contributed by atoms with Crippen LogP contribution in [0.15, 0.2) is 78.9 Å². The van der Waals surface area contributed by atoms with Gasteiger partial charge in [-0.3, -0.25) is 0 Å². The number of benzene rings is 3. The fourth-order valence-electron chi connectivity index (χ4n) is 3.59. The topological polar surface area (TPSA) is 41.9 Å². The third-order valence-electron chi connectivity index (χ3n) is 5.31. The zero-order chi connectivity index (χ0) is 22.6. The molecule has 0 heterocycles. The van der Waals surface area contributed by atoms with Gasteiger partial charge in [-0.2, -0.15) is 0 Å². The van der Waals surface area contributed by atoms with Crippen molar-refractivity contribution in [3.63, 3.8) is 0 Å². The number of rotatable bonds is 9. The number of hydrogen-bond donors (Lipinski definition) is 1. The molecular formula is C25H24F3NO3. The second-order valence-corrected chi connectivity index (χ2v) is 7.82.